The smallest absolute Gasteiger partial charge is 0.239 e. The van der Waals surface area contributed by atoms with Crippen molar-refractivity contribution in [1.29, 1.82) is 0 Å². The molecule has 9 heteroatoms. The lowest BCUT2D eigenvalue weighted by Crippen LogP contribution is -2.34. The number of aryl methyl sites for hydroxylation is 1. The molecule has 0 saturated carbocycles. The van der Waals surface area contributed by atoms with Crippen molar-refractivity contribution >= 4 is 34.5 Å². The molecule has 0 aliphatic carbocycles. The van der Waals surface area contributed by atoms with Gasteiger partial charge in [0.15, 0.2) is 0 Å². The summed E-state index contributed by atoms with van der Waals surface area (Å²) < 4.78 is 48.9. The second-order valence-corrected chi connectivity index (χ2v) is 6.66. The first-order chi connectivity index (χ1) is 11.8. The zero-order valence-electron chi connectivity index (χ0n) is 13.1. The van der Waals surface area contributed by atoms with E-state index in [0.717, 1.165) is 28.1 Å². The monoisotopic (exact) mass is 388 g/mol. The maximum Gasteiger partial charge on any atom is 0.239 e. The topological polar surface area (TPSA) is 69.6 Å². The van der Waals surface area contributed by atoms with Crippen LogP contribution in [0.4, 0.5) is 14.5 Å². The minimum absolute atomic E-state index is 0.0390. The lowest BCUT2D eigenvalue weighted by molar-refractivity contribution is -0.116. The summed E-state index contributed by atoms with van der Waals surface area (Å²) >= 11 is 3.44. The maximum atomic E-state index is 13.6. The van der Waals surface area contributed by atoms with Crippen LogP contribution in [0.2, 0.25) is 5.02 Å². The number of halogens is 3. The number of rotatable bonds is 6. The number of nitrogens with one attached hydrogen (secondary N) is 1. The predicted octanol–water partition coefficient (Wildman–Crippen LogP) is 3.50. The van der Waals surface area contributed by atoms with Crippen molar-refractivity contribution in [3.05, 3.63) is 64.2 Å². The predicted molar refractivity (Wildman–Crippen MR) is 92.4 cm³/mol. The SMILES string of the molecule is Cc1ccc(Cl)cc1CN(CC(=O)Nc1c(F)cccc1F)S(=O)O. The number of carbonyl (C=O) groups excluding carboxylic acids is 1. The van der Waals surface area contributed by atoms with Crippen molar-refractivity contribution in [1.82, 2.24) is 4.31 Å². The number of benzene rings is 2. The molecule has 1 amide bonds. The van der Waals surface area contributed by atoms with Crippen molar-refractivity contribution in [3.8, 4) is 0 Å². The lowest BCUT2D eigenvalue weighted by Gasteiger charge is -2.19. The van der Waals surface area contributed by atoms with E-state index in [-0.39, 0.29) is 6.54 Å². The van der Waals surface area contributed by atoms with Crippen molar-refractivity contribution in [2.24, 2.45) is 0 Å². The average Bonchev–Trinajstić information content (AvgIpc) is 2.53. The van der Waals surface area contributed by atoms with Crippen LogP contribution in [0.5, 0.6) is 0 Å². The van der Waals surface area contributed by atoms with Gasteiger partial charge in [0.2, 0.25) is 17.2 Å². The molecule has 1 unspecified atom stereocenters. The third-order valence-corrected chi connectivity index (χ3v) is 4.36. The summed E-state index contributed by atoms with van der Waals surface area (Å²) in [5.74, 6) is -2.70. The van der Waals surface area contributed by atoms with Gasteiger partial charge in [0.05, 0.1) is 6.54 Å². The molecule has 0 spiro atoms. The molecule has 2 N–H and O–H groups in total. The highest BCUT2D eigenvalue weighted by Gasteiger charge is 2.19. The molecule has 2 aromatic carbocycles. The Balaban J connectivity index is 2.12. The second kappa shape index (κ2) is 8.48. The van der Waals surface area contributed by atoms with E-state index in [1.165, 1.54) is 0 Å². The average molecular weight is 389 g/mol. The number of hydrogen-bond acceptors (Lipinski definition) is 2. The Hall–Kier alpha value is -1.87. The first kappa shape index (κ1) is 19.5. The molecule has 2 aromatic rings. The fourth-order valence-electron chi connectivity index (χ4n) is 2.12. The van der Waals surface area contributed by atoms with Crippen LogP contribution in [0, 0.1) is 18.6 Å². The van der Waals surface area contributed by atoms with E-state index < -0.39 is 41.0 Å². The summed E-state index contributed by atoms with van der Waals surface area (Å²) in [6.45, 7) is 1.21. The molecule has 1 atom stereocenters. The number of para-hydroxylation sites is 1. The third-order valence-electron chi connectivity index (χ3n) is 3.43. The van der Waals surface area contributed by atoms with Crippen LogP contribution in [0.3, 0.4) is 0 Å². The second-order valence-electron chi connectivity index (χ2n) is 5.24. The molecule has 2 rings (SSSR count). The lowest BCUT2D eigenvalue weighted by atomic mass is 10.1. The highest BCUT2D eigenvalue weighted by Crippen LogP contribution is 2.19. The van der Waals surface area contributed by atoms with Gasteiger partial charge >= 0.3 is 0 Å². The van der Waals surface area contributed by atoms with E-state index in [9.17, 15) is 22.3 Å². The van der Waals surface area contributed by atoms with E-state index in [4.69, 9.17) is 11.6 Å². The van der Waals surface area contributed by atoms with Gasteiger partial charge in [0, 0.05) is 11.6 Å². The Labute approximate surface area is 151 Å². The Morgan fingerprint density at radius 1 is 1.28 bits per heavy atom. The van der Waals surface area contributed by atoms with Crippen LogP contribution < -0.4 is 5.32 Å². The minimum Gasteiger partial charge on any atom is -0.320 e. The van der Waals surface area contributed by atoms with Crippen LogP contribution >= 0.6 is 11.6 Å². The minimum atomic E-state index is -2.47. The number of nitrogens with zero attached hydrogens (tertiary/aromatic N) is 1. The van der Waals surface area contributed by atoms with Crippen molar-refractivity contribution < 1.29 is 22.3 Å². The molecule has 0 bridgehead atoms. The summed E-state index contributed by atoms with van der Waals surface area (Å²) in [7, 11) is 0. The van der Waals surface area contributed by atoms with Gasteiger partial charge in [-0.1, -0.05) is 23.7 Å². The van der Waals surface area contributed by atoms with Gasteiger partial charge in [-0.2, -0.15) is 4.31 Å². The number of anilines is 1. The number of amides is 1. The van der Waals surface area contributed by atoms with E-state index in [0.29, 0.717) is 10.6 Å². The standard InChI is InChI=1S/C16H15ClF2N2O3S/c1-10-5-6-12(17)7-11(10)8-21(25(23)24)9-15(22)20-16-13(18)3-2-4-14(16)19/h2-7H,8-9H2,1H3,(H,20,22)(H,23,24). The van der Waals surface area contributed by atoms with Gasteiger partial charge in [-0.3, -0.25) is 9.35 Å². The van der Waals surface area contributed by atoms with Crippen LogP contribution in [-0.2, 0) is 22.6 Å². The van der Waals surface area contributed by atoms with Crippen LogP contribution in [0.15, 0.2) is 36.4 Å². The van der Waals surface area contributed by atoms with E-state index in [2.05, 4.69) is 5.32 Å². The molecule has 0 heterocycles. The summed E-state index contributed by atoms with van der Waals surface area (Å²) in [4.78, 5) is 12.0. The van der Waals surface area contributed by atoms with Crippen molar-refractivity contribution in [2.45, 2.75) is 13.5 Å². The van der Waals surface area contributed by atoms with E-state index in [1.807, 2.05) is 0 Å². The number of carbonyl (C=O) groups is 1. The molecule has 134 valence electrons. The zero-order chi connectivity index (χ0) is 18.6. The fraction of sp³-hybridized carbons (Fsp3) is 0.188. The molecule has 25 heavy (non-hydrogen) atoms. The highest BCUT2D eigenvalue weighted by molar-refractivity contribution is 7.76. The molecule has 0 fully saturated rings. The first-order valence-corrected chi connectivity index (χ1v) is 8.57. The largest absolute Gasteiger partial charge is 0.320 e. The maximum absolute atomic E-state index is 13.6. The summed E-state index contributed by atoms with van der Waals surface area (Å²) in [5, 5.41) is 2.52. The molecule has 0 saturated heterocycles. The normalized spacial score (nSPS) is 12.2. The Morgan fingerprint density at radius 2 is 1.92 bits per heavy atom. The van der Waals surface area contributed by atoms with Gasteiger partial charge in [0.1, 0.15) is 17.3 Å². The Morgan fingerprint density at radius 3 is 2.52 bits per heavy atom. The quantitative estimate of drug-likeness (QED) is 0.744. The van der Waals surface area contributed by atoms with Gasteiger partial charge in [-0.15, -0.1) is 0 Å². The first-order valence-electron chi connectivity index (χ1n) is 7.12. The summed E-state index contributed by atoms with van der Waals surface area (Å²) in [5.41, 5.74) is 0.871. The Bertz CT molecular complexity index is 800. The molecule has 0 radical (unpaired) electrons. The van der Waals surface area contributed by atoms with Gasteiger partial charge in [-0.05, 0) is 42.3 Å². The fourth-order valence-corrected chi connectivity index (χ4v) is 2.79. The summed E-state index contributed by atoms with van der Waals surface area (Å²) in [6.07, 6.45) is 0. The van der Waals surface area contributed by atoms with Gasteiger partial charge in [-0.25, -0.2) is 13.0 Å². The van der Waals surface area contributed by atoms with Gasteiger partial charge < -0.3 is 5.32 Å². The molecule has 0 aliphatic rings. The third kappa shape index (κ3) is 5.30. The van der Waals surface area contributed by atoms with E-state index in [1.54, 1.807) is 25.1 Å². The number of hydrogen-bond donors (Lipinski definition) is 2. The van der Waals surface area contributed by atoms with Crippen molar-refractivity contribution in [3.63, 3.8) is 0 Å². The molecular weight excluding hydrogens is 374 g/mol. The van der Waals surface area contributed by atoms with E-state index >= 15 is 0 Å². The Kier molecular flexibility index (Phi) is 6.60. The van der Waals surface area contributed by atoms with Crippen LogP contribution in [-0.4, -0.2) is 25.5 Å². The molecule has 5 nitrogen and oxygen atoms in total. The molecular formula is C16H15ClF2N2O3S. The highest BCUT2D eigenvalue weighted by atomic mass is 35.5. The summed E-state index contributed by atoms with van der Waals surface area (Å²) in [6, 6.07) is 8.19. The molecule has 0 aliphatic heterocycles. The molecule has 0 aromatic heterocycles. The van der Waals surface area contributed by atoms with Gasteiger partial charge in [0.25, 0.3) is 0 Å². The van der Waals surface area contributed by atoms with Crippen molar-refractivity contribution in [2.75, 3.05) is 11.9 Å². The van der Waals surface area contributed by atoms with Crippen LogP contribution in [0.1, 0.15) is 11.1 Å². The zero-order valence-corrected chi connectivity index (χ0v) is 14.7. The van der Waals surface area contributed by atoms with Crippen LogP contribution in [0.25, 0.3) is 0 Å².